The lowest BCUT2D eigenvalue weighted by atomic mass is 9.99. The molecule has 0 radical (unpaired) electrons. The summed E-state index contributed by atoms with van der Waals surface area (Å²) in [5.41, 5.74) is 0. The van der Waals surface area contributed by atoms with Gasteiger partial charge in [-0.25, -0.2) is 9.13 Å². The molecule has 0 bridgehead atoms. The highest BCUT2D eigenvalue weighted by atomic mass is 31.2. The smallest absolute Gasteiger partial charge is 0.462 e. The second-order valence-electron chi connectivity index (χ2n) is 31.5. The van der Waals surface area contributed by atoms with E-state index in [0.717, 1.165) is 108 Å². The number of carbonyl (C=O) groups excluding carboxylic acids is 4. The minimum atomic E-state index is -4.96. The minimum absolute atomic E-state index is 0.101. The van der Waals surface area contributed by atoms with Gasteiger partial charge in [0.25, 0.3) is 0 Å². The van der Waals surface area contributed by atoms with E-state index in [1.165, 1.54) is 225 Å². The van der Waals surface area contributed by atoms with Gasteiger partial charge in [0.2, 0.25) is 0 Å². The normalized spacial score (nSPS) is 14.3. The van der Waals surface area contributed by atoms with E-state index in [1.54, 1.807) is 0 Å². The number of phosphoric ester groups is 2. The van der Waals surface area contributed by atoms with Crippen molar-refractivity contribution in [3.05, 3.63) is 0 Å². The molecule has 0 fully saturated rings. The van der Waals surface area contributed by atoms with Crippen LogP contribution in [0.25, 0.3) is 0 Å². The third-order valence-electron chi connectivity index (χ3n) is 19.7. The van der Waals surface area contributed by atoms with Crippen molar-refractivity contribution in [2.24, 2.45) is 23.7 Å². The number of aliphatic hydroxyl groups is 1. The molecule has 0 saturated carbocycles. The van der Waals surface area contributed by atoms with Gasteiger partial charge < -0.3 is 33.8 Å². The average molecular weight is 1490 g/mol. The molecule has 17 nitrogen and oxygen atoms in total. The number of ether oxygens (including phenoxy) is 4. The molecule has 0 aromatic heterocycles. The van der Waals surface area contributed by atoms with Crippen LogP contribution in [0.2, 0.25) is 0 Å². The molecule has 0 aliphatic heterocycles. The van der Waals surface area contributed by atoms with Crippen molar-refractivity contribution >= 4 is 39.5 Å². The predicted molar refractivity (Wildman–Crippen MR) is 418 cm³/mol. The van der Waals surface area contributed by atoms with Crippen molar-refractivity contribution in [1.29, 1.82) is 0 Å². The molecule has 0 aromatic carbocycles. The van der Waals surface area contributed by atoms with Crippen LogP contribution in [-0.4, -0.2) is 96.7 Å². The average Bonchev–Trinajstić information content (AvgIpc) is 0.912. The summed E-state index contributed by atoms with van der Waals surface area (Å²) < 4.78 is 68.6. The van der Waals surface area contributed by atoms with Crippen molar-refractivity contribution in [2.75, 3.05) is 39.6 Å². The number of carbonyl (C=O) groups is 4. The maximum atomic E-state index is 13.1. The van der Waals surface area contributed by atoms with E-state index >= 15 is 0 Å². The highest BCUT2D eigenvalue weighted by Gasteiger charge is 2.30. The van der Waals surface area contributed by atoms with Crippen LogP contribution in [0, 0.1) is 23.7 Å². The summed E-state index contributed by atoms with van der Waals surface area (Å²) in [5, 5.41) is 10.6. The van der Waals surface area contributed by atoms with E-state index in [2.05, 4.69) is 55.4 Å². The Kier molecular flexibility index (Phi) is 70.6. The summed E-state index contributed by atoms with van der Waals surface area (Å²) in [7, 11) is -9.92. The van der Waals surface area contributed by atoms with E-state index in [9.17, 15) is 43.2 Å². The van der Waals surface area contributed by atoms with Crippen LogP contribution in [0.3, 0.4) is 0 Å². The number of unbranched alkanes of at least 4 members (excludes halogenated alkanes) is 45. The fraction of sp³-hybridized carbons (Fsp3) is 0.952. The Morgan fingerprint density at radius 2 is 0.471 bits per heavy atom. The quantitative estimate of drug-likeness (QED) is 0.0222. The van der Waals surface area contributed by atoms with Gasteiger partial charge >= 0.3 is 39.5 Å². The van der Waals surface area contributed by atoms with Crippen LogP contribution in [0.1, 0.15) is 428 Å². The van der Waals surface area contributed by atoms with Crippen LogP contribution in [0.5, 0.6) is 0 Å². The highest BCUT2D eigenvalue weighted by molar-refractivity contribution is 7.47. The van der Waals surface area contributed by atoms with Crippen LogP contribution < -0.4 is 0 Å². The maximum absolute atomic E-state index is 13.1. The minimum Gasteiger partial charge on any atom is -0.462 e. The van der Waals surface area contributed by atoms with E-state index in [-0.39, 0.29) is 25.7 Å². The van der Waals surface area contributed by atoms with Crippen LogP contribution in [0.4, 0.5) is 0 Å². The fourth-order valence-electron chi connectivity index (χ4n) is 12.8. The fourth-order valence-corrected chi connectivity index (χ4v) is 14.3. The molecule has 6 atom stereocenters. The Morgan fingerprint density at radius 1 is 0.275 bits per heavy atom. The van der Waals surface area contributed by atoms with E-state index < -0.39 is 97.5 Å². The Labute approximate surface area is 626 Å². The van der Waals surface area contributed by atoms with Crippen molar-refractivity contribution in [3.8, 4) is 0 Å². The van der Waals surface area contributed by atoms with Crippen molar-refractivity contribution in [3.63, 3.8) is 0 Å². The largest absolute Gasteiger partial charge is 0.472 e. The lowest BCUT2D eigenvalue weighted by Gasteiger charge is -2.21. The van der Waals surface area contributed by atoms with Crippen LogP contribution >= 0.6 is 15.6 Å². The number of phosphoric acid groups is 2. The number of hydrogen-bond acceptors (Lipinski definition) is 15. The van der Waals surface area contributed by atoms with Gasteiger partial charge in [-0.1, -0.05) is 376 Å². The standard InChI is InChI=1S/C83H162O17P2/c1-9-76(8)62-54-46-37-31-27-23-19-15-11-13-16-20-24-28-32-38-47-55-63-80(85)93-69-78(99-82(87)65-57-49-39-33-29-25-21-17-12-10-14-18-22-26-30-35-43-51-59-73(2)3)71-97-101(89,90)95-67-77(84)68-96-102(91,92)98-72-79(100-83(88)66-58-50-42-41-45-53-61-75(6)7)70-94-81(86)64-56-48-40-34-36-44-52-60-74(4)5/h73-79,84H,9-72H2,1-8H3,(H,89,90)(H,91,92)/t76?,77?,78-,79-/m1/s1. The molecule has 0 aliphatic rings. The molecule has 19 heteroatoms. The second kappa shape index (κ2) is 72.0. The van der Waals surface area contributed by atoms with Crippen molar-refractivity contribution in [2.45, 2.75) is 446 Å². The zero-order valence-corrected chi connectivity index (χ0v) is 69.0. The molecule has 3 N–H and O–H groups in total. The molecule has 606 valence electrons. The molecule has 0 aliphatic carbocycles. The Balaban J connectivity index is 5.16. The third kappa shape index (κ3) is 74.9. The van der Waals surface area contributed by atoms with Crippen molar-refractivity contribution in [1.82, 2.24) is 0 Å². The first kappa shape index (κ1) is 100. The van der Waals surface area contributed by atoms with Gasteiger partial charge in [-0.3, -0.25) is 37.3 Å². The van der Waals surface area contributed by atoms with Gasteiger partial charge in [0, 0.05) is 25.7 Å². The number of aliphatic hydroxyl groups excluding tert-OH is 1. The van der Waals surface area contributed by atoms with Crippen molar-refractivity contribution < 1.29 is 80.2 Å². The first-order valence-corrected chi connectivity index (χ1v) is 45.7. The Morgan fingerprint density at radius 3 is 0.696 bits per heavy atom. The van der Waals surface area contributed by atoms with Crippen LogP contribution in [0.15, 0.2) is 0 Å². The Bertz CT molecular complexity index is 1990. The SMILES string of the molecule is CCC(C)CCCCCCCCCCCCCCCCCCCCC(=O)OC[C@H](COP(=O)(O)OCC(O)COP(=O)(O)OC[C@@H](COC(=O)CCCCCCCCCC(C)C)OC(=O)CCCCCCCCC(C)C)OC(=O)CCCCCCCCCCCCCCCCCCCCC(C)C. The van der Waals surface area contributed by atoms with Gasteiger partial charge in [0.15, 0.2) is 12.2 Å². The van der Waals surface area contributed by atoms with Crippen LogP contribution in [-0.2, 0) is 65.4 Å². The van der Waals surface area contributed by atoms with Gasteiger partial charge in [0.1, 0.15) is 19.3 Å². The summed E-state index contributed by atoms with van der Waals surface area (Å²) in [4.78, 5) is 72.9. The molecule has 0 spiro atoms. The zero-order chi connectivity index (χ0) is 75.3. The van der Waals surface area contributed by atoms with E-state index in [1.807, 2.05) is 0 Å². The number of esters is 4. The van der Waals surface area contributed by atoms with Gasteiger partial charge in [-0.05, 0) is 49.4 Å². The predicted octanol–water partition coefficient (Wildman–Crippen LogP) is 24.8. The first-order valence-electron chi connectivity index (χ1n) is 42.7. The molecular formula is C83H162O17P2. The summed E-state index contributed by atoms with van der Waals surface area (Å²) in [5.74, 6) is 0.949. The zero-order valence-electron chi connectivity index (χ0n) is 67.2. The molecule has 102 heavy (non-hydrogen) atoms. The number of rotatable bonds is 80. The molecule has 4 unspecified atom stereocenters. The lowest BCUT2D eigenvalue weighted by Crippen LogP contribution is -2.30. The van der Waals surface area contributed by atoms with Gasteiger partial charge in [-0.15, -0.1) is 0 Å². The first-order chi connectivity index (χ1) is 49.1. The summed E-state index contributed by atoms with van der Waals surface area (Å²) in [6, 6.07) is 0. The molecule has 0 saturated heterocycles. The van der Waals surface area contributed by atoms with Gasteiger partial charge in [0.05, 0.1) is 26.4 Å². The monoisotopic (exact) mass is 1490 g/mol. The highest BCUT2D eigenvalue weighted by Crippen LogP contribution is 2.45. The third-order valence-corrected chi connectivity index (χ3v) is 21.6. The second-order valence-corrected chi connectivity index (χ2v) is 34.4. The molecule has 0 amide bonds. The summed E-state index contributed by atoms with van der Waals surface area (Å²) in [6.07, 6.45) is 60.2. The van der Waals surface area contributed by atoms with Gasteiger partial charge in [-0.2, -0.15) is 0 Å². The molecule has 0 rings (SSSR count). The maximum Gasteiger partial charge on any atom is 0.472 e. The molecule has 0 heterocycles. The summed E-state index contributed by atoms with van der Waals surface area (Å²) in [6.45, 7) is 14.2. The topological polar surface area (TPSA) is 237 Å². The van der Waals surface area contributed by atoms with E-state index in [4.69, 9.17) is 37.0 Å². The summed E-state index contributed by atoms with van der Waals surface area (Å²) >= 11 is 0. The molecule has 0 aromatic rings. The Hall–Kier alpha value is -1.94. The number of hydrogen-bond donors (Lipinski definition) is 3. The lowest BCUT2D eigenvalue weighted by molar-refractivity contribution is -0.161. The van der Waals surface area contributed by atoms with E-state index in [0.29, 0.717) is 37.5 Å². The molecular weight excluding hydrogens is 1330 g/mol.